The maximum Gasteiger partial charge on any atom is 0.0667 e. The Kier molecular flexibility index (Phi) is 22.5. The van der Waals surface area contributed by atoms with E-state index in [2.05, 4.69) is 38.2 Å². The number of aliphatic hydroxyl groups excluding tert-OH is 3. The maximum absolute atomic E-state index is 10.3. The van der Waals surface area contributed by atoms with Gasteiger partial charge in [-0.2, -0.15) is 0 Å². The summed E-state index contributed by atoms with van der Waals surface area (Å²) >= 11 is 0. The lowest BCUT2D eigenvalue weighted by Crippen LogP contribution is -2.39. The zero-order chi connectivity index (χ0) is 22.3. The van der Waals surface area contributed by atoms with Crippen LogP contribution >= 0.6 is 0 Å². The summed E-state index contributed by atoms with van der Waals surface area (Å²) in [6, 6.07) is 0. The second-order valence-corrected chi connectivity index (χ2v) is 8.59. The summed E-state index contributed by atoms with van der Waals surface area (Å²) in [4.78, 5) is 2.00. The minimum atomic E-state index is -0.388. The van der Waals surface area contributed by atoms with Gasteiger partial charge in [0.15, 0.2) is 0 Å². The Morgan fingerprint density at radius 3 is 1.40 bits per heavy atom. The van der Waals surface area contributed by atoms with Crippen molar-refractivity contribution in [2.45, 2.75) is 116 Å². The summed E-state index contributed by atoms with van der Waals surface area (Å²) < 4.78 is 0. The zero-order valence-electron chi connectivity index (χ0n) is 20.0. The van der Waals surface area contributed by atoms with Crippen molar-refractivity contribution in [3.8, 4) is 0 Å². The van der Waals surface area contributed by atoms with Crippen molar-refractivity contribution in [1.29, 1.82) is 0 Å². The van der Waals surface area contributed by atoms with Crippen LogP contribution in [-0.4, -0.2) is 58.7 Å². The van der Waals surface area contributed by atoms with Crippen molar-refractivity contribution in [3.05, 3.63) is 24.3 Å². The SMILES string of the molecule is CCCC/C=C/CCCCC(O)CN(CCO)CC(O)CCCC/C=C/CCCC. The first kappa shape index (κ1) is 29.3. The smallest absolute Gasteiger partial charge is 0.0667 e. The standard InChI is InChI=1S/C26H51NO3/c1-3-5-7-9-11-13-15-17-19-25(29)23-27(21-22-28)24-26(30)20-18-16-14-12-10-8-6-4-2/h9-12,25-26,28-30H,3-8,13-24H2,1-2H3/b11-9+,12-10+. The Morgan fingerprint density at radius 1 is 0.633 bits per heavy atom. The first-order valence-corrected chi connectivity index (χ1v) is 12.6. The van der Waals surface area contributed by atoms with Crippen LogP contribution in [0, 0.1) is 0 Å². The summed E-state index contributed by atoms with van der Waals surface area (Å²) in [5, 5.41) is 30.0. The molecule has 0 amide bonds. The quantitative estimate of drug-likeness (QED) is 0.156. The number of rotatable bonds is 22. The minimum Gasteiger partial charge on any atom is -0.395 e. The van der Waals surface area contributed by atoms with Gasteiger partial charge in [0, 0.05) is 19.6 Å². The van der Waals surface area contributed by atoms with Crippen molar-refractivity contribution >= 4 is 0 Å². The number of aliphatic hydroxyl groups is 3. The van der Waals surface area contributed by atoms with Gasteiger partial charge in [-0.25, -0.2) is 0 Å². The lowest BCUT2D eigenvalue weighted by molar-refractivity contribution is 0.0521. The normalized spacial score (nSPS) is 14.3. The Bertz CT molecular complexity index is 364. The minimum absolute atomic E-state index is 0.0601. The molecule has 0 fully saturated rings. The predicted octanol–water partition coefficient (Wildman–Crippen LogP) is 5.62. The maximum atomic E-state index is 10.3. The molecule has 2 atom stereocenters. The Morgan fingerprint density at radius 2 is 1.03 bits per heavy atom. The lowest BCUT2D eigenvalue weighted by Gasteiger charge is -2.26. The topological polar surface area (TPSA) is 63.9 Å². The van der Waals surface area contributed by atoms with Crippen LogP contribution in [0.2, 0.25) is 0 Å². The largest absolute Gasteiger partial charge is 0.395 e. The van der Waals surface area contributed by atoms with E-state index in [0.717, 1.165) is 51.4 Å². The first-order valence-electron chi connectivity index (χ1n) is 12.6. The van der Waals surface area contributed by atoms with E-state index < -0.39 is 0 Å². The number of nitrogens with zero attached hydrogens (tertiary/aromatic N) is 1. The predicted molar refractivity (Wildman–Crippen MR) is 130 cm³/mol. The molecule has 0 rings (SSSR count). The molecule has 30 heavy (non-hydrogen) atoms. The molecule has 0 heterocycles. The van der Waals surface area contributed by atoms with Crippen molar-refractivity contribution in [3.63, 3.8) is 0 Å². The molecule has 0 radical (unpaired) electrons. The van der Waals surface area contributed by atoms with Gasteiger partial charge in [-0.15, -0.1) is 0 Å². The van der Waals surface area contributed by atoms with Gasteiger partial charge in [-0.1, -0.05) is 76.7 Å². The van der Waals surface area contributed by atoms with E-state index in [1.165, 1.54) is 38.5 Å². The summed E-state index contributed by atoms with van der Waals surface area (Å²) in [6.45, 7) is 6.05. The molecule has 178 valence electrons. The van der Waals surface area contributed by atoms with Crippen molar-refractivity contribution in [2.75, 3.05) is 26.2 Å². The van der Waals surface area contributed by atoms with Crippen LogP contribution in [0.1, 0.15) is 104 Å². The molecule has 0 saturated heterocycles. The van der Waals surface area contributed by atoms with Gasteiger partial charge < -0.3 is 15.3 Å². The van der Waals surface area contributed by atoms with Crippen molar-refractivity contribution in [2.24, 2.45) is 0 Å². The zero-order valence-corrected chi connectivity index (χ0v) is 20.0. The molecule has 0 aromatic carbocycles. The third-order valence-electron chi connectivity index (χ3n) is 5.45. The molecule has 4 heteroatoms. The lowest BCUT2D eigenvalue weighted by atomic mass is 10.1. The molecule has 0 saturated carbocycles. The van der Waals surface area contributed by atoms with Crippen LogP contribution in [0.15, 0.2) is 24.3 Å². The van der Waals surface area contributed by atoms with E-state index >= 15 is 0 Å². The number of unbranched alkanes of at least 4 members (excludes halogenated alkanes) is 8. The van der Waals surface area contributed by atoms with Crippen LogP contribution < -0.4 is 0 Å². The van der Waals surface area contributed by atoms with E-state index in [9.17, 15) is 15.3 Å². The Balaban J connectivity index is 3.89. The second kappa shape index (κ2) is 23.0. The van der Waals surface area contributed by atoms with Gasteiger partial charge in [0.25, 0.3) is 0 Å². The molecular formula is C26H51NO3. The van der Waals surface area contributed by atoms with Crippen LogP contribution in [0.5, 0.6) is 0 Å². The van der Waals surface area contributed by atoms with E-state index in [1.807, 2.05) is 4.90 Å². The van der Waals surface area contributed by atoms with E-state index in [1.54, 1.807) is 0 Å². The van der Waals surface area contributed by atoms with Gasteiger partial charge in [0.2, 0.25) is 0 Å². The molecule has 2 unspecified atom stereocenters. The summed E-state index contributed by atoms with van der Waals surface area (Å²) in [5.41, 5.74) is 0. The van der Waals surface area contributed by atoms with Gasteiger partial charge in [0.1, 0.15) is 0 Å². The molecule has 0 aromatic rings. The highest BCUT2D eigenvalue weighted by atomic mass is 16.3. The van der Waals surface area contributed by atoms with E-state index in [-0.39, 0.29) is 18.8 Å². The summed E-state index contributed by atoms with van der Waals surface area (Å²) in [7, 11) is 0. The molecule has 0 spiro atoms. The highest BCUT2D eigenvalue weighted by Crippen LogP contribution is 2.10. The molecule has 4 nitrogen and oxygen atoms in total. The number of hydrogen-bond donors (Lipinski definition) is 3. The van der Waals surface area contributed by atoms with Crippen LogP contribution in [-0.2, 0) is 0 Å². The second-order valence-electron chi connectivity index (χ2n) is 8.59. The Hall–Kier alpha value is -0.680. The average molecular weight is 426 g/mol. The number of allylic oxidation sites excluding steroid dienone is 4. The molecule has 0 aromatic heterocycles. The number of hydrogen-bond acceptors (Lipinski definition) is 4. The van der Waals surface area contributed by atoms with Gasteiger partial charge in [-0.05, 0) is 51.4 Å². The fourth-order valence-corrected chi connectivity index (χ4v) is 3.58. The molecular weight excluding hydrogens is 374 g/mol. The van der Waals surface area contributed by atoms with Gasteiger partial charge in [0.05, 0.1) is 18.8 Å². The molecule has 0 aliphatic carbocycles. The first-order chi connectivity index (χ1) is 14.6. The third-order valence-corrected chi connectivity index (χ3v) is 5.45. The third kappa shape index (κ3) is 20.6. The summed E-state index contributed by atoms with van der Waals surface area (Å²) in [5.74, 6) is 0. The highest BCUT2D eigenvalue weighted by molar-refractivity contribution is 4.82. The summed E-state index contributed by atoms with van der Waals surface area (Å²) in [6.07, 6.45) is 23.6. The molecule has 0 aliphatic rings. The fourth-order valence-electron chi connectivity index (χ4n) is 3.58. The van der Waals surface area contributed by atoms with Gasteiger partial charge >= 0.3 is 0 Å². The molecule has 0 bridgehead atoms. The van der Waals surface area contributed by atoms with Crippen LogP contribution in [0.4, 0.5) is 0 Å². The van der Waals surface area contributed by atoms with Crippen LogP contribution in [0.3, 0.4) is 0 Å². The van der Waals surface area contributed by atoms with Gasteiger partial charge in [-0.3, -0.25) is 4.90 Å². The molecule has 3 N–H and O–H groups in total. The monoisotopic (exact) mass is 425 g/mol. The van der Waals surface area contributed by atoms with E-state index in [0.29, 0.717) is 19.6 Å². The molecule has 0 aliphatic heterocycles. The average Bonchev–Trinajstić information content (AvgIpc) is 2.72. The van der Waals surface area contributed by atoms with Crippen molar-refractivity contribution < 1.29 is 15.3 Å². The van der Waals surface area contributed by atoms with E-state index in [4.69, 9.17) is 0 Å². The Labute approximate surface area is 187 Å². The van der Waals surface area contributed by atoms with Crippen molar-refractivity contribution in [1.82, 2.24) is 4.90 Å². The highest BCUT2D eigenvalue weighted by Gasteiger charge is 2.15. The fraction of sp³-hybridized carbons (Fsp3) is 0.846. The van der Waals surface area contributed by atoms with Crippen LogP contribution in [0.25, 0.3) is 0 Å².